The van der Waals surface area contributed by atoms with Crippen LogP contribution in [0.4, 0.5) is 24.5 Å². The molecule has 3 heterocycles. The number of pyridine rings is 1. The van der Waals surface area contributed by atoms with E-state index in [1.165, 1.54) is 17.2 Å². The minimum Gasteiger partial charge on any atom is -0.303 e. The normalized spacial score (nSPS) is 20.1. The molecule has 2 aliphatic heterocycles. The van der Waals surface area contributed by atoms with Gasteiger partial charge in [-0.1, -0.05) is 6.07 Å². The summed E-state index contributed by atoms with van der Waals surface area (Å²) < 4.78 is 40.5. The first-order valence-electron chi connectivity index (χ1n) is 10.6. The third-order valence-electron chi connectivity index (χ3n) is 6.79. The number of anilines is 2. The molecule has 0 bridgehead atoms. The van der Waals surface area contributed by atoms with Crippen LogP contribution in [-0.2, 0) is 23.9 Å². The molecule has 0 N–H and O–H groups in total. The van der Waals surface area contributed by atoms with Crippen molar-refractivity contribution in [3.8, 4) is 6.07 Å². The van der Waals surface area contributed by atoms with Crippen LogP contribution in [0, 0.1) is 11.3 Å². The summed E-state index contributed by atoms with van der Waals surface area (Å²) in [5.74, 6) is -0.351. The number of nitrogens with zero attached hydrogens (tertiary/aromatic N) is 5. The van der Waals surface area contributed by atoms with E-state index in [0.29, 0.717) is 12.8 Å². The highest BCUT2D eigenvalue weighted by molar-refractivity contribution is 7.81. The highest BCUT2D eigenvalue weighted by atomic mass is 32.1. The molecular weight excluding hydrogens is 451 g/mol. The van der Waals surface area contributed by atoms with E-state index in [9.17, 15) is 18.0 Å². The summed E-state index contributed by atoms with van der Waals surface area (Å²) in [7, 11) is 2.06. The van der Waals surface area contributed by atoms with Gasteiger partial charge in [0.2, 0.25) is 0 Å². The third kappa shape index (κ3) is 3.30. The van der Waals surface area contributed by atoms with Gasteiger partial charge in [0.15, 0.2) is 10.8 Å². The maximum Gasteiger partial charge on any atom is 0.419 e. The van der Waals surface area contributed by atoms with Gasteiger partial charge in [0.05, 0.1) is 17.4 Å². The number of thiocarbonyl (C=S) groups is 1. The van der Waals surface area contributed by atoms with E-state index >= 15 is 0 Å². The van der Waals surface area contributed by atoms with Gasteiger partial charge in [0.1, 0.15) is 11.6 Å². The van der Waals surface area contributed by atoms with E-state index in [4.69, 9.17) is 17.5 Å². The van der Waals surface area contributed by atoms with Crippen molar-refractivity contribution in [3.63, 3.8) is 0 Å². The first kappa shape index (κ1) is 21.8. The van der Waals surface area contributed by atoms with Crippen LogP contribution in [0.2, 0.25) is 0 Å². The number of amides is 1. The van der Waals surface area contributed by atoms with Crippen molar-refractivity contribution in [3.05, 3.63) is 52.8 Å². The molecule has 170 valence electrons. The van der Waals surface area contributed by atoms with Gasteiger partial charge in [-0.05, 0) is 74.3 Å². The van der Waals surface area contributed by atoms with Gasteiger partial charge in [-0.3, -0.25) is 9.69 Å². The second kappa shape index (κ2) is 7.50. The van der Waals surface area contributed by atoms with Crippen LogP contribution in [0.3, 0.4) is 0 Å². The molecular formula is C23H20F3N5OS. The highest BCUT2D eigenvalue weighted by Crippen LogP contribution is 2.48. The van der Waals surface area contributed by atoms with Crippen LogP contribution >= 0.6 is 12.2 Å². The summed E-state index contributed by atoms with van der Waals surface area (Å²) >= 11 is 5.67. The van der Waals surface area contributed by atoms with Crippen LogP contribution in [0.5, 0.6) is 0 Å². The fourth-order valence-corrected chi connectivity index (χ4v) is 5.38. The lowest BCUT2D eigenvalue weighted by atomic mass is 9.75. The Labute approximate surface area is 194 Å². The number of hydrogen-bond donors (Lipinski definition) is 0. The summed E-state index contributed by atoms with van der Waals surface area (Å²) in [4.78, 5) is 22.4. The summed E-state index contributed by atoms with van der Waals surface area (Å²) in [6, 6.07) is 8.26. The Kier molecular flexibility index (Phi) is 4.95. The average molecular weight is 472 g/mol. The summed E-state index contributed by atoms with van der Waals surface area (Å²) in [5, 5.41) is 9.18. The Morgan fingerprint density at radius 3 is 2.58 bits per heavy atom. The van der Waals surface area contributed by atoms with Crippen molar-refractivity contribution in [1.82, 2.24) is 9.88 Å². The van der Waals surface area contributed by atoms with E-state index in [2.05, 4.69) is 16.9 Å². The number of nitriles is 1. The van der Waals surface area contributed by atoms with Crippen LogP contribution in [0.1, 0.15) is 41.6 Å². The van der Waals surface area contributed by atoms with Crippen molar-refractivity contribution in [2.75, 3.05) is 23.4 Å². The average Bonchev–Trinajstić information content (AvgIpc) is 2.99. The van der Waals surface area contributed by atoms with E-state index in [1.54, 1.807) is 4.90 Å². The zero-order valence-electron chi connectivity index (χ0n) is 17.8. The molecule has 10 heteroatoms. The molecule has 0 atom stereocenters. The lowest BCUT2D eigenvalue weighted by molar-refractivity contribution is -0.138. The van der Waals surface area contributed by atoms with Gasteiger partial charge in [-0.15, -0.1) is 0 Å². The van der Waals surface area contributed by atoms with E-state index < -0.39 is 23.0 Å². The summed E-state index contributed by atoms with van der Waals surface area (Å²) in [6.07, 6.45) is -0.835. The van der Waals surface area contributed by atoms with Gasteiger partial charge in [-0.2, -0.15) is 18.4 Å². The van der Waals surface area contributed by atoms with Gasteiger partial charge < -0.3 is 9.80 Å². The number of carbonyl (C=O) groups is 1. The van der Waals surface area contributed by atoms with Gasteiger partial charge >= 0.3 is 6.18 Å². The van der Waals surface area contributed by atoms with E-state index in [0.717, 1.165) is 48.8 Å². The number of benzene rings is 1. The number of halogens is 3. The second-order valence-electron chi connectivity index (χ2n) is 8.78. The van der Waals surface area contributed by atoms with Crippen LogP contribution in [-0.4, -0.2) is 40.0 Å². The molecule has 1 aromatic heterocycles. The topological polar surface area (TPSA) is 63.5 Å². The zero-order chi connectivity index (χ0) is 23.5. The van der Waals surface area contributed by atoms with Crippen molar-refractivity contribution in [2.45, 2.75) is 43.9 Å². The van der Waals surface area contributed by atoms with Crippen LogP contribution in [0.25, 0.3) is 0 Å². The molecule has 1 aromatic carbocycles. The largest absolute Gasteiger partial charge is 0.419 e. The van der Waals surface area contributed by atoms with Gasteiger partial charge in [-0.25, -0.2) is 4.98 Å². The molecule has 0 unspecified atom stereocenters. The standard InChI is InChI=1S/C23H20F3N5OS/c1-29-8-5-14-9-16(4-3-15(14)13-29)31-21(33)30(20(32)22(31)6-2-7-22)17-10-18(23(24,25)26)19(11-27)28-12-17/h3-4,9-10,12H,2,5-8,13H2,1H3. The minimum absolute atomic E-state index is 0.0790. The maximum atomic E-state index is 13.6. The molecule has 33 heavy (non-hydrogen) atoms. The molecule has 0 radical (unpaired) electrons. The van der Waals surface area contributed by atoms with E-state index in [1.807, 2.05) is 18.2 Å². The molecule has 2 fully saturated rings. The van der Waals surface area contributed by atoms with E-state index in [-0.39, 0.29) is 16.7 Å². The van der Waals surface area contributed by atoms with Crippen molar-refractivity contribution in [1.29, 1.82) is 5.26 Å². The predicted octanol–water partition coefficient (Wildman–Crippen LogP) is 4.02. The molecule has 1 aliphatic carbocycles. The summed E-state index contributed by atoms with van der Waals surface area (Å²) in [6.45, 7) is 1.77. The van der Waals surface area contributed by atoms with Crippen LogP contribution < -0.4 is 9.80 Å². The number of alkyl halides is 3. The molecule has 1 amide bonds. The number of aromatic nitrogens is 1. The molecule has 3 aliphatic rings. The Hall–Kier alpha value is -3.03. The number of hydrogen-bond acceptors (Lipinski definition) is 5. The maximum absolute atomic E-state index is 13.6. The fourth-order valence-electron chi connectivity index (χ4n) is 4.91. The van der Waals surface area contributed by atoms with Crippen molar-refractivity contribution >= 4 is 34.6 Å². The molecule has 1 saturated heterocycles. The molecule has 2 aromatic rings. The first-order chi connectivity index (χ1) is 15.7. The number of likely N-dealkylation sites (N-methyl/N-ethyl adjacent to an activating group) is 1. The van der Waals surface area contributed by atoms with Crippen molar-refractivity contribution < 1.29 is 18.0 Å². The Balaban J connectivity index is 1.58. The summed E-state index contributed by atoms with van der Waals surface area (Å²) in [5.41, 5.74) is 0.281. The number of carbonyl (C=O) groups excluding carboxylic acids is 1. The molecule has 1 spiro atoms. The van der Waals surface area contributed by atoms with Gasteiger partial charge in [0, 0.05) is 18.8 Å². The monoisotopic (exact) mass is 471 g/mol. The Bertz CT molecular complexity index is 1220. The number of fused-ring (bicyclic) bond motifs is 1. The Morgan fingerprint density at radius 1 is 1.18 bits per heavy atom. The smallest absolute Gasteiger partial charge is 0.303 e. The third-order valence-corrected chi connectivity index (χ3v) is 7.15. The molecule has 1 saturated carbocycles. The molecule has 5 rings (SSSR count). The van der Waals surface area contributed by atoms with Gasteiger partial charge in [0.25, 0.3) is 5.91 Å². The lowest BCUT2D eigenvalue weighted by Crippen LogP contribution is -2.55. The lowest BCUT2D eigenvalue weighted by Gasteiger charge is -2.43. The zero-order valence-corrected chi connectivity index (χ0v) is 18.6. The van der Waals surface area contributed by atoms with Crippen LogP contribution in [0.15, 0.2) is 30.5 Å². The Morgan fingerprint density at radius 2 is 1.94 bits per heavy atom. The fraction of sp³-hybridized carbons (Fsp3) is 0.391. The predicted molar refractivity (Wildman–Crippen MR) is 120 cm³/mol. The quantitative estimate of drug-likeness (QED) is 0.617. The van der Waals surface area contributed by atoms with Crippen molar-refractivity contribution in [2.24, 2.45) is 0 Å². The second-order valence-corrected chi connectivity index (χ2v) is 9.15. The number of rotatable bonds is 2. The molecule has 6 nitrogen and oxygen atoms in total. The SMILES string of the molecule is CN1CCc2cc(N3C(=S)N(c4cnc(C#N)c(C(F)(F)F)c4)C(=O)C34CCC4)ccc2C1. The minimum atomic E-state index is -4.78. The first-order valence-corrected chi connectivity index (χ1v) is 11.0. The highest BCUT2D eigenvalue weighted by Gasteiger charge is 2.59.